The minimum absolute atomic E-state index is 0.0720. The average molecular weight is 406 g/mol. The van der Waals surface area contributed by atoms with Crippen LogP contribution in [-0.4, -0.2) is 36.1 Å². The van der Waals surface area contributed by atoms with E-state index >= 15 is 0 Å². The van der Waals surface area contributed by atoms with Gasteiger partial charge in [-0.25, -0.2) is 4.79 Å². The molecule has 2 aromatic rings. The summed E-state index contributed by atoms with van der Waals surface area (Å²) in [7, 11) is 1.44. The van der Waals surface area contributed by atoms with Crippen LogP contribution >= 0.6 is 0 Å². The molecule has 5 rings (SSSR count). The molecule has 0 spiro atoms. The Morgan fingerprint density at radius 1 is 1.13 bits per heavy atom. The fourth-order valence-corrected chi connectivity index (χ4v) is 4.52. The maximum Gasteiger partial charge on any atom is 0.379 e. The number of carbonyl (C=O) groups excluding carboxylic acids is 3. The van der Waals surface area contributed by atoms with Crippen LogP contribution in [0.2, 0.25) is 0 Å². The number of imide groups is 1. The lowest BCUT2D eigenvalue weighted by Gasteiger charge is -2.13. The van der Waals surface area contributed by atoms with Crippen molar-refractivity contribution in [2.24, 2.45) is 28.8 Å². The van der Waals surface area contributed by atoms with Crippen molar-refractivity contribution in [2.45, 2.75) is 6.42 Å². The van der Waals surface area contributed by atoms with E-state index in [-0.39, 0.29) is 47.0 Å². The van der Waals surface area contributed by atoms with Gasteiger partial charge in [0, 0.05) is 0 Å². The van der Waals surface area contributed by atoms with E-state index in [1.807, 2.05) is 12.2 Å². The third-order valence-corrected chi connectivity index (χ3v) is 5.88. The second kappa shape index (κ2) is 6.98. The summed E-state index contributed by atoms with van der Waals surface area (Å²) in [5.41, 5.74) is 0.586. The zero-order chi connectivity index (χ0) is 20.8. The number of rotatable bonds is 5. The fourth-order valence-electron chi connectivity index (χ4n) is 4.52. The van der Waals surface area contributed by atoms with E-state index in [0.29, 0.717) is 11.3 Å². The monoisotopic (exact) mass is 406 g/mol. The normalized spacial score (nSPS) is 26.6. The van der Waals surface area contributed by atoms with Crippen molar-refractivity contribution >= 4 is 24.0 Å². The van der Waals surface area contributed by atoms with Crippen LogP contribution in [-0.2, 0) is 9.59 Å². The minimum Gasteiger partial charge on any atom is -0.493 e. The summed E-state index contributed by atoms with van der Waals surface area (Å²) in [5.74, 6) is -0.850. The van der Waals surface area contributed by atoms with Gasteiger partial charge >= 0.3 is 5.97 Å². The van der Waals surface area contributed by atoms with E-state index in [0.717, 1.165) is 11.4 Å². The molecular formula is C22H18N2O6. The first-order valence-corrected chi connectivity index (χ1v) is 9.60. The number of benzene rings is 1. The number of amides is 2. The Balaban J connectivity index is 1.33. The van der Waals surface area contributed by atoms with Crippen molar-refractivity contribution < 1.29 is 28.3 Å². The molecule has 8 heteroatoms. The number of furan rings is 1. The van der Waals surface area contributed by atoms with Gasteiger partial charge in [0.1, 0.15) is 0 Å². The summed E-state index contributed by atoms with van der Waals surface area (Å²) < 4.78 is 15.6. The highest BCUT2D eigenvalue weighted by Gasteiger charge is 2.59. The van der Waals surface area contributed by atoms with Crippen LogP contribution in [0, 0.1) is 23.7 Å². The van der Waals surface area contributed by atoms with Gasteiger partial charge in [-0.3, -0.25) is 9.59 Å². The molecule has 30 heavy (non-hydrogen) atoms. The largest absolute Gasteiger partial charge is 0.493 e. The molecule has 1 aliphatic heterocycles. The molecule has 1 aromatic carbocycles. The molecule has 2 fully saturated rings. The zero-order valence-corrected chi connectivity index (χ0v) is 16.1. The van der Waals surface area contributed by atoms with Crippen LogP contribution in [0.4, 0.5) is 0 Å². The molecule has 4 unspecified atom stereocenters. The SMILES string of the molecule is COc1cc(C=NN2C(=O)C3C4C=CC(C4)C3C2=O)ccc1OC(=O)c1ccco1. The number of hydrazone groups is 1. The van der Waals surface area contributed by atoms with E-state index in [2.05, 4.69) is 5.10 Å². The number of carbonyl (C=O) groups is 3. The lowest BCUT2D eigenvalue weighted by Crippen LogP contribution is -2.28. The Hall–Kier alpha value is -3.68. The lowest BCUT2D eigenvalue weighted by molar-refractivity contribution is -0.140. The summed E-state index contributed by atoms with van der Waals surface area (Å²) in [6.07, 6.45) is 7.76. The van der Waals surface area contributed by atoms with Gasteiger partial charge in [-0.05, 0) is 54.2 Å². The van der Waals surface area contributed by atoms with Gasteiger partial charge in [0.15, 0.2) is 11.5 Å². The second-order valence-electron chi connectivity index (χ2n) is 7.51. The lowest BCUT2D eigenvalue weighted by atomic mass is 9.85. The maximum atomic E-state index is 12.7. The predicted molar refractivity (Wildman–Crippen MR) is 104 cm³/mol. The number of allylic oxidation sites excluding steroid dienone is 2. The summed E-state index contributed by atoms with van der Waals surface area (Å²) in [5, 5.41) is 5.13. The highest BCUT2D eigenvalue weighted by atomic mass is 16.6. The minimum atomic E-state index is -0.650. The van der Waals surface area contributed by atoms with Crippen LogP contribution in [0.15, 0.2) is 58.3 Å². The van der Waals surface area contributed by atoms with E-state index < -0.39 is 5.97 Å². The molecule has 8 nitrogen and oxygen atoms in total. The van der Waals surface area contributed by atoms with Gasteiger partial charge in [-0.15, -0.1) is 0 Å². The van der Waals surface area contributed by atoms with Crippen molar-refractivity contribution in [3.8, 4) is 11.5 Å². The van der Waals surface area contributed by atoms with E-state index in [4.69, 9.17) is 13.9 Å². The van der Waals surface area contributed by atoms with Crippen LogP contribution in [0.5, 0.6) is 11.5 Å². The number of ether oxygens (including phenoxy) is 2. The predicted octanol–water partition coefficient (Wildman–Crippen LogP) is 2.65. The standard InChI is InChI=1S/C22H18N2O6/c1-28-17-9-12(4-7-15(17)30-22(27)16-3-2-8-29-16)11-23-24-20(25)18-13-5-6-14(10-13)19(18)21(24)26/h2-9,11,13-14,18-19H,10H2,1H3. The number of fused-ring (bicyclic) bond motifs is 5. The Morgan fingerprint density at radius 2 is 1.87 bits per heavy atom. The molecule has 4 atom stereocenters. The van der Waals surface area contributed by atoms with Crippen molar-refractivity contribution in [1.82, 2.24) is 5.01 Å². The zero-order valence-electron chi connectivity index (χ0n) is 16.1. The van der Waals surface area contributed by atoms with Crippen LogP contribution in [0.1, 0.15) is 22.5 Å². The molecule has 0 N–H and O–H groups in total. The van der Waals surface area contributed by atoms with E-state index in [9.17, 15) is 14.4 Å². The number of hydrogen-bond donors (Lipinski definition) is 0. The molecule has 1 saturated heterocycles. The molecular weight excluding hydrogens is 388 g/mol. The van der Waals surface area contributed by atoms with Crippen molar-refractivity contribution in [3.63, 3.8) is 0 Å². The molecule has 2 amide bonds. The van der Waals surface area contributed by atoms with Gasteiger partial charge in [0.25, 0.3) is 11.8 Å². The van der Waals surface area contributed by atoms with Gasteiger partial charge in [-0.1, -0.05) is 12.2 Å². The molecule has 152 valence electrons. The molecule has 3 aliphatic rings. The third kappa shape index (κ3) is 2.83. The van der Waals surface area contributed by atoms with Crippen LogP contribution in [0.3, 0.4) is 0 Å². The summed E-state index contributed by atoms with van der Waals surface area (Å²) >= 11 is 0. The Kier molecular flexibility index (Phi) is 4.27. The number of nitrogens with zero attached hydrogens (tertiary/aromatic N) is 2. The van der Waals surface area contributed by atoms with Crippen molar-refractivity contribution in [1.29, 1.82) is 0 Å². The smallest absolute Gasteiger partial charge is 0.379 e. The Morgan fingerprint density at radius 3 is 2.50 bits per heavy atom. The maximum absolute atomic E-state index is 12.7. The van der Waals surface area contributed by atoms with Gasteiger partial charge < -0.3 is 13.9 Å². The number of hydrogen-bond acceptors (Lipinski definition) is 7. The van der Waals surface area contributed by atoms with Gasteiger partial charge in [0.2, 0.25) is 5.76 Å². The summed E-state index contributed by atoms with van der Waals surface area (Å²) in [6.45, 7) is 0. The molecule has 2 aliphatic carbocycles. The number of methoxy groups -OCH3 is 1. The quantitative estimate of drug-likeness (QED) is 0.249. The average Bonchev–Trinajstić information content (AvgIpc) is 3.53. The van der Waals surface area contributed by atoms with Crippen molar-refractivity contribution in [2.75, 3.05) is 7.11 Å². The third-order valence-electron chi connectivity index (χ3n) is 5.88. The molecule has 0 radical (unpaired) electrons. The van der Waals surface area contributed by atoms with E-state index in [1.165, 1.54) is 25.7 Å². The van der Waals surface area contributed by atoms with Gasteiger partial charge in [0.05, 0.1) is 31.4 Å². The summed E-state index contributed by atoms with van der Waals surface area (Å²) in [6, 6.07) is 7.88. The highest BCUT2D eigenvalue weighted by molar-refractivity contribution is 6.06. The first-order valence-electron chi connectivity index (χ1n) is 9.60. The first-order chi connectivity index (χ1) is 14.6. The Bertz CT molecular complexity index is 1060. The van der Waals surface area contributed by atoms with Gasteiger partial charge in [-0.2, -0.15) is 10.1 Å². The second-order valence-corrected chi connectivity index (χ2v) is 7.51. The molecule has 1 saturated carbocycles. The summed E-state index contributed by atoms with van der Waals surface area (Å²) in [4.78, 5) is 37.4. The Labute approximate surface area is 171 Å². The molecule has 2 heterocycles. The fraction of sp³-hybridized carbons (Fsp3) is 0.273. The molecule has 1 aromatic heterocycles. The highest BCUT2D eigenvalue weighted by Crippen LogP contribution is 2.52. The first kappa shape index (κ1) is 18.4. The topological polar surface area (TPSA) is 98.4 Å². The number of esters is 1. The van der Waals surface area contributed by atoms with Crippen molar-refractivity contribution in [3.05, 3.63) is 60.1 Å². The van der Waals surface area contributed by atoms with Crippen LogP contribution in [0.25, 0.3) is 0 Å². The van der Waals surface area contributed by atoms with Crippen LogP contribution < -0.4 is 9.47 Å². The van der Waals surface area contributed by atoms with E-state index in [1.54, 1.807) is 24.3 Å². The molecule has 2 bridgehead atoms.